The molecule has 0 unspecified atom stereocenters. The number of carboxylic acid groups (broad SMARTS) is 1. The van der Waals surface area contributed by atoms with E-state index in [1.807, 2.05) is 30.3 Å². The highest BCUT2D eigenvalue weighted by atomic mass is 16.6. The van der Waals surface area contributed by atoms with Crippen molar-refractivity contribution in [2.45, 2.75) is 6.61 Å². The Bertz CT molecular complexity index is 1470. The number of nitro benzene ring substituents is 1. The van der Waals surface area contributed by atoms with Gasteiger partial charge in [0.25, 0.3) is 5.69 Å². The third-order valence-electron chi connectivity index (χ3n) is 5.30. The van der Waals surface area contributed by atoms with E-state index < -0.39 is 10.9 Å². The monoisotopic (exact) mass is 450 g/mol. The Labute approximate surface area is 194 Å². The van der Waals surface area contributed by atoms with Gasteiger partial charge in [0.1, 0.15) is 12.4 Å². The fourth-order valence-corrected chi connectivity index (χ4v) is 3.59. The number of nitro groups is 1. The first kappa shape index (κ1) is 22.2. The van der Waals surface area contributed by atoms with Crippen LogP contribution in [-0.2, 0) is 6.61 Å². The van der Waals surface area contributed by atoms with E-state index in [0.717, 1.165) is 10.8 Å². The lowest BCUT2D eigenvalue weighted by Gasteiger charge is -2.13. The van der Waals surface area contributed by atoms with Crippen LogP contribution in [-0.4, -0.2) is 16.0 Å². The standard InChI is InChI=1S/C27H18N2O5/c28-16-22(19-8-10-21(11-9-19)27(30)31)15-25-24-7-2-1-5-20(24)12-13-26(25)34-17-18-4-3-6-23(14-18)29(32)33/h1-15H,17H2,(H,30,31). The van der Waals surface area contributed by atoms with E-state index in [2.05, 4.69) is 6.07 Å². The van der Waals surface area contributed by atoms with Crippen LogP contribution in [0.25, 0.3) is 22.4 Å². The van der Waals surface area contributed by atoms with Gasteiger partial charge in [-0.15, -0.1) is 0 Å². The minimum atomic E-state index is -1.04. The van der Waals surface area contributed by atoms with Crippen LogP contribution in [0.5, 0.6) is 5.75 Å². The van der Waals surface area contributed by atoms with Gasteiger partial charge in [-0.25, -0.2) is 4.79 Å². The number of fused-ring (bicyclic) bond motifs is 1. The SMILES string of the molecule is N#CC(=Cc1c(OCc2cccc([N+](=O)[O-])c2)ccc2ccccc12)c1ccc(C(=O)O)cc1. The van der Waals surface area contributed by atoms with Crippen LogP contribution in [0.1, 0.15) is 27.0 Å². The summed E-state index contributed by atoms with van der Waals surface area (Å²) in [6, 6.07) is 25.9. The first-order chi connectivity index (χ1) is 16.5. The van der Waals surface area contributed by atoms with Crippen molar-refractivity contribution >= 4 is 34.1 Å². The number of hydrogen-bond acceptors (Lipinski definition) is 5. The summed E-state index contributed by atoms with van der Waals surface area (Å²) in [5.74, 6) is -0.528. The molecule has 0 atom stereocenters. The van der Waals surface area contributed by atoms with Gasteiger partial charge < -0.3 is 9.84 Å². The molecule has 1 N–H and O–H groups in total. The van der Waals surface area contributed by atoms with Gasteiger partial charge >= 0.3 is 5.97 Å². The summed E-state index contributed by atoms with van der Waals surface area (Å²) in [6.45, 7) is 0.107. The number of allylic oxidation sites excluding steroid dienone is 1. The summed E-state index contributed by atoms with van der Waals surface area (Å²) in [7, 11) is 0. The molecule has 0 aliphatic heterocycles. The van der Waals surface area contributed by atoms with Crippen molar-refractivity contribution in [3.05, 3.63) is 117 Å². The molecule has 0 amide bonds. The van der Waals surface area contributed by atoms with Gasteiger partial charge in [0.2, 0.25) is 0 Å². The second kappa shape index (κ2) is 9.67. The molecular weight excluding hydrogens is 432 g/mol. The summed E-state index contributed by atoms with van der Waals surface area (Å²) < 4.78 is 6.04. The molecule has 0 aromatic heterocycles. The second-order valence-electron chi connectivity index (χ2n) is 7.47. The maximum atomic E-state index is 11.1. The Kier molecular flexibility index (Phi) is 6.33. The van der Waals surface area contributed by atoms with Crippen molar-refractivity contribution < 1.29 is 19.6 Å². The number of aromatic carboxylic acids is 1. The smallest absolute Gasteiger partial charge is 0.335 e. The lowest BCUT2D eigenvalue weighted by molar-refractivity contribution is -0.384. The molecule has 7 heteroatoms. The van der Waals surface area contributed by atoms with Gasteiger partial charge in [0.05, 0.1) is 22.1 Å². The minimum absolute atomic E-state index is 0.0173. The molecule has 166 valence electrons. The van der Waals surface area contributed by atoms with Crippen LogP contribution in [0.3, 0.4) is 0 Å². The maximum Gasteiger partial charge on any atom is 0.335 e. The molecule has 0 aliphatic carbocycles. The molecular formula is C27H18N2O5. The third-order valence-corrected chi connectivity index (χ3v) is 5.30. The van der Waals surface area contributed by atoms with Crippen LogP contribution in [0.4, 0.5) is 5.69 Å². The molecule has 4 rings (SSSR count). The van der Waals surface area contributed by atoms with Crippen molar-refractivity contribution in [2.75, 3.05) is 0 Å². The Hall–Kier alpha value is -4.96. The first-order valence-corrected chi connectivity index (χ1v) is 10.3. The van der Waals surface area contributed by atoms with Gasteiger partial charge in [-0.3, -0.25) is 10.1 Å². The van der Waals surface area contributed by atoms with Crippen molar-refractivity contribution in [1.82, 2.24) is 0 Å². The zero-order valence-electron chi connectivity index (χ0n) is 17.8. The van der Waals surface area contributed by atoms with Gasteiger partial charge in [0.15, 0.2) is 0 Å². The number of nitriles is 1. The van der Waals surface area contributed by atoms with Crippen molar-refractivity contribution in [3.8, 4) is 11.8 Å². The molecule has 0 radical (unpaired) electrons. The number of nitrogens with zero attached hydrogens (tertiary/aromatic N) is 2. The molecule has 0 bridgehead atoms. The second-order valence-corrected chi connectivity index (χ2v) is 7.47. The molecule has 0 saturated heterocycles. The largest absolute Gasteiger partial charge is 0.488 e. The Morgan fingerprint density at radius 1 is 1.00 bits per heavy atom. The topological polar surface area (TPSA) is 113 Å². The molecule has 0 spiro atoms. The van der Waals surface area contributed by atoms with Gasteiger partial charge in [-0.2, -0.15) is 5.26 Å². The zero-order valence-corrected chi connectivity index (χ0v) is 17.8. The molecule has 0 aliphatic rings. The fourth-order valence-electron chi connectivity index (χ4n) is 3.59. The number of carboxylic acids is 1. The molecule has 34 heavy (non-hydrogen) atoms. The van der Waals surface area contributed by atoms with Gasteiger partial charge in [-0.1, -0.05) is 54.6 Å². The van der Waals surface area contributed by atoms with Crippen LogP contribution in [0, 0.1) is 21.4 Å². The van der Waals surface area contributed by atoms with E-state index in [9.17, 15) is 20.2 Å². The molecule has 0 heterocycles. The number of hydrogen-bond donors (Lipinski definition) is 1. The molecule has 0 saturated carbocycles. The van der Waals surface area contributed by atoms with Crippen LogP contribution < -0.4 is 4.74 Å². The lowest BCUT2D eigenvalue weighted by Crippen LogP contribution is -1.99. The van der Waals surface area contributed by atoms with Gasteiger partial charge in [-0.05, 0) is 46.2 Å². The Balaban J connectivity index is 1.75. The summed E-state index contributed by atoms with van der Waals surface area (Å²) in [4.78, 5) is 21.8. The number of non-ortho nitro benzene ring substituents is 1. The summed E-state index contributed by atoms with van der Waals surface area (Å²) in [5, 5.41) is 31.9. The Morgan fingerprint density at radius 3 is 2.44 bits per heavy atom. The quantitative estimate of drug-likeness (QED) is 0.158. The third kappa shape index (κ3) is 4.76. The summed E-state index contributed by atoms with van der Waals surface area (Å²) >= 11 is 0. The fraction of sp³-hybridized carbons (Fsp3) is 0.0370. The van der Waals surface area contributed by atoms with E-state index >= 15 is 0 Å². The maximum absolute atomic E-state index is 11.1. The highest BCUT2D eigenvalue weighted by Gasteiger charge is 2.12. The van der Waals surface area contributed by atoms with E-state index in [4.69, 9.17) is 9.84 Å². The summed E-state index contributed by atoms with van der Waals surface area (Å²) in [6.07, 6.45) is 1.71. The van der Waals surface area contributed by atoms with E-state index in [1.54, 1.807) is 36.4 Å². The van der Waals surface area contributed by atoms with Crippen LogP contribution in [0.2, 0.25) is 0 Å². The molecule has 4 aromatic rings. The van der Waals surface area contributed by atoms with E-state index in [0.29, 0.717) is 28.0 Å². The zero-order chi connectivity index (χ0) is 24.1. The number of benzene rings is 4. The van der Waals surface area contributed by atoms with E-state index in [-0.39, 0.29) is 17.9 Å². The van der Waals surface area contributed by atoms with Gasteiger partial charge in [0, 0.05) is 17.7 Å². The number of carbonyl (C=O) groups is 1. The highest BCUT2D eigenvalue weighted by Crippen LogP contribution is 2.32. The number of ether oxygens (including phenoxy) is 1. The predicted octanol–water partition coefficient (Wildman–Crippen LogP) is 6.09. The first-order valence-electron chi connectivity index (χ1n) is 10.3. The highest BCUT2D eigenvalue weighted by molar-refractivity contribution is 6.00. The molecule has 0 fully saturated rings. The molecule has 4 aromatic carbocycles. The van der Waals surface area contributed by atoms with Crippen molar-refractivity contribution in [3.63, 3.8) is 0 Å². The van der Waals surface area contributed by atoms with Crippen LogP contribution >= 0.6 is 0 Å². The summed E-state index contributed by atoms with van der Waals surface area (Å²) in [5.41, 5.74) is 2.35. The predicted molar refractivity (Wildman–Crippen MR) is 128 cm³/mol. The lowest BCUT2D eigenvalue weighted by atomic mass is 9.98. The van der Waals surface area contributed by atoms with E-state index in [1.165, 1.54) is 24.3 Å². The minimum Gasteiger partial charge on any atom is -0.488 e. The molecule has 7 nitrogen and oxygen atoms in total. The average molecular weight is 450 g/mol. The normalized spacial score (nSPS) is 11.1. The number of rotatable bonds is 7. The van der Waals surface area contributed by atoms with Crippen molar-refractivity contribution in [1.29, 1.82) is 5.26 Å². The Morgan fingerprint density at radius 2 is 1.74 bits per heavy atom. The van der Waals surface area contributed by atoms with Crippen molar-refractivity contribution in [2.24, 2.45) is 0 Å². The van der Waals surface area contributed by atoms with Crippen LogP contribution in [0.15, 0.2) is 84.9 Å². The average Bonchev–Trinajstić information content (AvgIpc) is 2.86.